The van der Waals surface area contributed by atoms with Crippen LogP contribution in [0.4, 0.5) is 5.69 Å². The third-order valence-corrected chi connectivity index (χ3v) is 4.49. The smallest absolute Gasteiger partial charge is 0.253 e. The first-order valence-corrected chi connectivity index (χ1v) is 8.04. The number of carbonyl (C=O) groups is 1. The monoisotopic (exact) mass is 320 g/mol. The second-order valence-electron chi connectivity index (χ2n) is 4.41. The zero-order valence-electron chi connectivity index (χ0n) is 11.2. The Balaban J connectivity index is 2.88. The largest absolute Gasteiger partial charge is 0.397 e. The van der Waals surface area contributed by atoms with Gasteiger partial charge in [-0.2, -0.15) is 11.8 Å². The summed E-state index contributed by atoms with van der Waals surface area (Å²) in [6, 6.07) is 3.28. The SMILES string of the molecule is CSCCC(C)N(C)C(=O)c1cc(N)c(Cl)c(Cl)c1. The van der Waals surface area contributed by atoms with Crippen molar-refractivity contribution in [1.82, 2.24) is 4.90 Å². The van der Waals surface area contributed by atoms with E-state index >= 15 is 0 Å². The topological polar surface area (TPSA) is 46.3 Å². The molecule has 0 fully saturated rings. The molecule has 0 saturated heterocycles. The molecule has 1 amide bonds. The second kappa shape index (κ2) is 7.27. The summed E-state index contributed by atoms with van der Waals surface area (Å²) in [6.45, 7) is 2.02. The zero-order chi connectivity index (χ0) is 14.6. The lowest BCUT2D eigenvalue weighted by Crippen LogP contribution is -2.35. The van der Waals surface area contributed by atoms with Crippen LogP contribution in [-0.4, -0.2) is 35.9 Å². The summed E-state index contributed by atoms with van der Waals surface area (Å²) < 4.78 is 0. The maximum Gasteiger partial charge on any atom is 0.253 e. The van der Waals surface area contributed by atoms with Crippen molar-refractivity contribution in [2.75, 3.05) is 24.8 Å². The summed E-state index contributed by atoms with van der Waals surface area (Å²) in [5, 5.41) is 0.589. The quantitative estimate of drug-likeness (QED) is 0.839. The standard InChI is InChI=1S/C13H18Cl2N2OS/c1-8(4-5-19-3)17(2)13(18)9-6-10(14)12(15)11(16)7-9/h6-8H,4-5,16H2,1-3H3. The number of benzene rings is 1. The lowest BCUT2D eigenvalue weighted by atomic mass is 10.1. The number of nitrogen functional groups attached to an aromatic ring is 1. The molecule has 0 heterocycles. The molecule has 0 bridgehead atoms. The van der Waals surface area contributed by atoms with Crippen LogP contribution in [0, 0.1) is 0 Å². The maximum atomic E-state index is 12.3. The number of nitrogens with zero attached hydrogens (tertiary/aromatic N) is 1. The molecule has 106 valence electrons. The van der Waals surface area contributed by atoms with Gasteiger partial charge in [-0.1, -0.05) is 23.2 Å². The van der Waals surface area contributed by atoms with Crippen LogP contribution in [0.25, 0.3) is 0 Å². The molecule has 2 N–H and O–H groups in total. The Morgan fingerprint density at radius 1 is 1.47 bits per heavy atom. The highest BCUT2D eigenvalue weighted by Gasteiger charge is 2.19. The molecular weight excluding hydrogens is 303 g/mol. The number of anilines is 1. The Morgan fingerprint density at radius 3 is 2.63 bits per heavy atom. The van der Waals surface area contributed by atoms with Gasteiger partial charge in [0.25, 0.3) is 5.91 Å². The third kappa shape index (κ3) is 4.20. The first kappa shape index (κ1) is 16.5. The van der Waals surface area contributed by atoms with Crippen LogP contribution in [0.5, 0.6) is 0 Å². The lowest BCUT2D eigenvalue weighted by Gasteiger charge is -2.25. The molecule has 1 aromatic rings. The predicted octanol–water partition coefficient (Wildman–Crippen LogP) is 3.79. The molecule has 1 atom stereocenters. The molecule has 0 spiro atoms. The van der Waals surface area contributed by atoms with Gasteiger partial charge in [-0.25, -0.2) is 0 Å². The number of hydrogen-bond acceptors (Lipinski definition) is 3. The van der Waals surface area contributed by atoms with Crippen LogP contribution < -0.4 is 5.73 Å². The average molecular weight is 321 g/mol. The van der Waals surface area contributed by atoms with Crippen molar-refractivity contribution in [1.29, 1.82) is 0 Å². The number of carbonyl (C=O) groups excluding carboxylic acids is 1. The lowest BCUT2D eigenvalue weighted by molar-refractivity contribution is 0.0741. The minimum atomic E-state index is -0.0983. The van der Waals surface area contributed by atoms with Gasteiger partial charge >= 0.3 is 0 Å². The molecule has 0 saturated carbocycles. The summed E-state index contributed by atoms with van der Waals surface area (Å²) in [5.41, 5.74) is 6.51. The molecule has 1 rings (SSSR count). The van der Waals surface area contributed by atoms with E-state index < -0.39 is 0 Å². The van der Waals surface area contributed by atoms with Gasteiger partial charge in [-0.15, -0.1) is 0 Å². The van der Waals surface area contributed by atoms with Crippen molar-refractivity contribution in [3.05, 3.63) is 27.7 Å². The Morgan fingerprint density at radius 2 is 2.11 bits per heavy atom. The molecule has 3 nitrogen and oxygen atoms in total. The van der Waals surface area contributed by atoms with Gasteiger partial charge in [0, 0.05) is 18.7 Å². The molecule has 19 heavy (non-hydrogen) atoms. The third-order valence-electron chi connectivity index (χ3n) is 3.02. The fourth-order valence-electron chi connectivity index (χ4n) is 1.62. The van der Waals surface area contributed by atoms with E-state index in [2.05, 4.69) is 0 Å². The summed E-state index contributed by atoms with van der Waals surface area (Å²) >= 11 is 13.6. The highest BCUT2D eigenvalue weighted by Crippen LogP contribution is 2.30. The normalized spacial score (nSPS) is 12.3. The Bertz CT molecular complexity index is 445. The van der Waals surface area contributed by atoms with E-state index in [1.54, 1.807) is 35.8 Å². The minimum absolute atomic E-state index is 0.0983. The Labute approximate surface area is 128 Å². The van der Waals surface area contributed by atoms with Gasteiger partial charge in [0.1, 0.15) is 0 Å². The van der Waals surface area contributed by atoms with E-state index in [-0.39, 0.29) is 17.0 Å². The average Bonchev–Trinajstić information content (AvgIpc) is 2.39. The number of nitrogens with two attached hydrogens (primary N) is 1. The molecular formula is C13H18Cl2N2OS. The van der Waals surface area contributed by atoms with Crippen molar-refractivity contribution in [3.63, 3.8) is 0 Å². The predicted molar refractivity (Wildman–Crippen MR) is 85.4 cm³/mol. The molecule has 0 aliphatic rings. The molecule has 6 heteroatoms. The highest BCUT2D eigenvalue weighted by atomic mass is 35.5. The van der Waals surface area contributed by atoms with Crippen molar-refractivity contribution in [3.8, 4) is 0 Å². The van der Waals surface area contributed by atoms with Crippen LogP contribution in [0.15, 0.2) is 12.1 Å². The van der Waals surface area contributed by atoms with Crippen molar-refractivity contribution in [2.45, 2.75) is 19.4 Å². The van der Waals surface area contributed by atoms with Crippen LogP contribution in [-0.2, 0) is 0 Å². The summed E-state index contributed by atoms with van der Waals surface area (Å²) in [4.78, 5) is 14.0. The van der Waals surface area contributed by atoms with Crippen molar-refractivity contribution < 1.29 is 4.79 Å². The van der Waals surface area contributed by atoms with Gasteiger partial charge in [0.2, 0.25) is 0 Å². The number of rotatable bonds is 5. The number of hydrogen-bond donors (Lipinski definition) is 1. The van der Waals surface area contributed by atoms with Crippen LogP contribution in [0.2, 0.25) is 10.0 Å². The molecule has 0 aromatic heterocycles. The van der Waals surface area contributed by atoms with Crippen LogP contribution in [0.1, 0.15) is 23.7 Å². The van der Waals surface area contributed by atoms with Gasteiger partial charge in [-0.3, -0.25) is 4.79 Å². The van der Waals surface area contributed by atoms with Crippen LogP contribution in [0.3, 0.4) is 0 Å². The highest BCUT2D eigenvalue weighted by molar-refractivity contribution is 7.98. The van der Waals surface area contributed by atoms with E-state index in [1.807, 2.05) is 13.2 Å². The summed E-state index contributed by atoms with van der Waals surface area (Å²) in [7, 11) is 1.78. The fourth-order valence-corrected chi connectivity index (χ4v) is 2.53. The minimum Gasteiger partial charge on any atom is -0.397 e. The van der Waals surface area contributed by atoms with E-state index in [0.29, 0.717) is 16.3 Å². The molecule has 1 aromatic carbocycles. The van der Waals surface area contributed by atoms with Gasteiger partial charge in [-0.05, 0) is 37.5 Å². The van der Waals surface area contributed by atoms with E-state index in [4.69, 9.17) is 28.9 Å². The first-order chi connectivity index (χ1) is 8.88. The second-order valence-corrected chi connectivity index (χ2v) is 6.18. The van der Waals surface area contributed by atoms with E-state index in [1.165, 1.54) is 0 Å². The molecule has 0 radical (unpaired) electrons. The van der Waals surface area contributed by atoms with Crippen LogP contribution >= 0.6 is 35.0 Å². The first-order valence-electron chi connectivity index (χ1n) is 5.89. The molecule has 0 aliphatic carbocycles. The number of amides is 1. The van der Waals surface area contributed by atoms with Gasteiger partial charge in [0.15, 0.2) is 0 Å². The molecule has 0 aliphatic heterocycles. The fraction of sp³-hybridized carbons (Fsp3) is 0.462. The van der Waals surface area contributed by atoms with Gasteiger partial charge in [0.05, 0.1) is 15.7 Å². The summed E-state index contributed by atoms with van der Waals surface area (Å²) in [6.07, 6.45) is 2.99. The van der Waals surface area contributed by atoms with Gasteiger partial charge < -0.3 is 10.6 Å². The zero-order valence-corrected chi connectivity index (χ0v) is 13.6. The summed E-state index contributed by atoms with van der Waals surface area (Å²) in [5.74, 6) is 0.918. The van der Waals surface area contributed by atoms with E-state index in [9.17, 15) is 4.79 Å². The number of thioether (sulfide) groups is 1. The Kier molecular flexibility index (Phi) is 6.30. The number of halogens is 2. The van der Waals surface area contributed by atoms with Crippen molar-refractivity contribution in [2.24, 2.45) is 0 Å². The van der Waals surface area contributed by atoms with Crippen molar-refractivity contribution >= 4 is 46.6 Å². The van der Waals surface area contributed by atoms with E-state index in [0.717, 1.165) is 12.2 Å². The maximum absolute atomic E-state index is 12.3. The molecule has 1 unspecified atom stereocenters. The Hall–Kier alpha value is -0.580.